The molecule has 0 atom stereocenters. The van der Waals surface area contributed by atoms with Gasteiger partial charge in [0.2, 0.25) is 5.91 Å². The number of carbonyl (C=O) groups is 1. The third kappa shape index (κ3) is 5.99. The van der Waals surface area contributed by atoms with Gasteiger partial charge in [0.05, 0.1) is 23.9 Å². The van der Waals surface area contributed by atoms with E-state index in [-0.39, 0.29) is 18.1 Å². The Balaban J connectivity index is 1.67. The Bertz CT molecular complexity index is 1340. The first kappa shape index (κ1) is 24.7. The van der Waals surface area contributed by atoms with Gasteiger partial charge in [-0.3, -0.25) is 9.36 Å². The molecule has 0 saturated carbocycles. The molecule has 0 N–H and O–H groups in total. The zero-order valence-electron chi connectivity index (χ0n) is 19.5. The maximum absolute atomic E-state index is 13.2. The summed E-state index contributed by atoms with van der Waals surface area (Å²) >= 11 is 4.83. The highest BCUT2D eigenvalue weighted by Gasteiger charge is 2.21. The van der Waals surface area contributed by atoms with Crippen LogP contribution in [0.25, 0.3) is 17.1 Å². The van der Waals surface area contributed by atoms with Crippen molar-refractivity contribution in [1.29, 1.82) is 5.26 Å². The number of anilines is 1. The Morgan fingerprint density at radius 1 is 1.03 bits per heavy atom. The summed E-state index contributed by atoms with van der Waals surface area (Å²) in [6.07, 6.45) is 0.262. The summed E-state index contributed by atoms with van der Waals surface area (Å²) in [6, 6.07) is 25.8. The zero-order valence-corrected chi connectivity index (χ0v) is 21.9. The molecular formula is C27H24BrN5OS. The molecule has 0 saturated heterocycles. The van der Waals surface area contributed by atoms with Crippen molar-refractivity contribution in [2.45, 2.75) is 25.4 Å². The topological polar surface area (TPSA) is 74.8 Å². The molecule has 0 bridgehead atoms. The Hall–Kier alpha value is -3.41. The second kappa shape index (κ2) is 11.3. The number of aryl methyl sites for hydroxylation is 2. The van der Waals surface area contributed by atoms with Crippen molar-refractivity contribution < 1.29 is 4.79 Å². The van der Waals surface area contributed by atoms with Gasteiger partial charge in [0.25, 0.3) is 0 Å². The van der Waals surface area contributed by atoms with Crippen molar-refractivity contribution in [2.75, 3.05) is 17.2 Å². The van der Waals surface area contributed by atoms with Gasteiger partial charge in [0.1, 0.15) is 0 Å². The maximum atomic E-state index is 13.2. The molecule has 4 rings (SSSR count). The van der Waals surface area contributed by atoms with Crippen molar-refractivity contribution >= 4 is 39.3 Å². The van der Waals surface area contributed by atoms with E-state index in [0.29, 0.717) is 17.5 Å². The molecule has 0 aliphatic rings. The summed E-state index contributed by atoms with van der Waals surface area (Å²) in [6.45, 7) is 4.46. The Labute approximate surface area is 217 Å². The third-order valence-corrected chi connectivity index (χ3v) is 6.78. The minimum absolute atomic E-state index is 0.0865. The lowest BCUT2D eigenvalue weighted by Crippen LogP contribution is -2.33. The fourth-order valence-electron chi connectivity index (χ4n) is 3.83. The van der Waals surface area contributed by atoms with Gasteiger partial charge in [-0.15, -0.1) is 10.2 Å². The van der Waals surface area contributed by atoms with Crippen LogP contribution in [0.4, 0.5) is 5.69 Å². The monoisotopic (exact) mass is 545 g/mol. The van der Waals surface area contributed by atoms with E-state index in [1.165, 1.54) is 11.8 Å². The van der Waals surface area contributed by atoms with Gasteiger partial charge < -0.3 is 4.90 Å². The van der Waals surface area contributed by atoms with Crippen LogP contribution >= 0.6 is 27.7 Å². The first-order valence-electron chi connectivity index (χ1n) is 11.1. The van der Waals surface area contributed by atoms with Crippen LogP contribution in [-0.4, -0.2) is 33.0 Å². The van der Waals surface area contributed by atoms with Crippen LogP contribution in [0.2, 0.25) is 0 Å². The number of amides is 1. The molecule has 3 aromatic carbocycles. The molecule has 0 aliphatic heterocycles. The zero-order chi connectivity index (χ0) is 24.8. The SMILES string of the molecule is Cc1cc(C)cc(-n2c(SCC(=O)N(CCC#N)c3ccccc3)nnc2-c2ccc(Br)cc2)c1. The predicted octanol–water partition coefficient (Wildman–Crippen LogP) is 6.35. The molecular weight excluding hydrogens is 522 g/mol. The molecule has 0 spiro atoms. The van der Waals surface area contributed by atoms with E-state index in [1.54, 1.807) is 4.90 Å². The fourth-order valence-corrected chi connectivity index (χ4v) is 4.93. The molecule has 0 fully saturated rings. The normalized spacial score (nSPS) is 10.7. The van der Waals surface area contributed by atoms with Crippen LogP contribution in [0.1, 0.15) is 17.5 Å². The van der Waals surface area contributed by atoms with Gasteiger partial charge >= 0.3 is 0 Å². The van der Waals surface area contributed by atoms with E-state index in [0.717, 1.165) is 32.5 Å². The van der Waals surface area contributed by atoms with Gasteiger partial charge in [-0.1, -0.05) is 64.1 Å². The minimum atomic E-state index is -0.0865. The van der Waals surface area contributed by atoms with E-state index in [2.05, 4.69) is 64.2 Å². The average Bonchev–Trinajstić information content (AvgIpc) is 3.27. The Morgan fingerprint density at radius 2 is 1.71 bits per heavy atom. The van der Waals surface area contributed by atoms with Crippen LogP contribution in [0.15, 0.2) is 82.4 Å². The second-order valence-electron chi connectivity index (χ2n) is 8.07. The number of nitriles is 1. The van der Waals surface area contributed by atoms with Crippen LogP contribution in [0, 0.1) is 25.2 Å². The number of thioether (sulfide) groups is 1. The van der Waals surface area contributed by atoms with Crippen molar-refractivity contribution in [1.82, 2.24) is 14.8 Å². The van der Waals surface area contributed by atoms with E-state index in [1.807, 2.05) is 59.2 Å². The van der Waals surface area contributed by atoms with Gasteiger partial charge in [-0.25, -0.2) is 0 Å². The number of benzene rings is 3. The number of rotatable bonds is 8. The van der Waals surface area contributed by atoms with Crippen LogP contribution in [-0.2, 0) is 4.79 Å². The van der Waals surface area contributed by atoms with Gasteiger partial charge in [-0.2, -0.15) is 5.26 Å². The molecule has 0 aliphatic carbocycles. The lowest BCUT2D eigenvalue weighted by atomic mass is 10.1. The van der Waals surface area contributed by atoms with E-state index in [4.69, 9.17) is 5.26 Å². The number of aromatic nitrogens is 3. The molecule has 8 heteroatoms. The summed E-state index contributed by atoms with van der Waals surface area (Å²) < 4.78 is 2.99. The summed E-state index contributed by atoms with van der Waals surface area (Å²) in [5.41, 5.74) is 4.92. The molecule has 176 valence electrons. The highest BCUT2D eigenvalue weighted by molar-refractivity contribution is 9.10. The summed E-state index contributed by atoms with van der Waals surface area (Å²) in [5.74, 6) is 0.794. The largest absolute Gasteiger partial charge is 0.311 e. The molecule has 1 aromatic heterocycles. The van der Waals surface area contributed by atoms with Crippen molar-refractivity contribution in [3.05, 3.63) is 88.4 Å². The van der Waals surface area contributed by atoms with Gasteiger partial charge in [0.15, 0.2) is 11.0 Å². The number of para-hydroxylation sites is 1. The lowest BCUT2D eigenvalue weighted by Gasteiger charge is -2.21. The average molecular weight is 546 g/mol. The molecule has 0 radical (unpaired) electrons. The van der Waals surface area contributed by atoms with Crippen molar-refractivity contribution in [3.8, 4) is 23.1 Å². The highest BCUT2D eigenvalue weighted by atomic mass is 79.9. The maximum Gasteiger partial charge on any atom is 0.237 e. The first-order valence-corrected chi connectivity index (χ1v) is 12.9. The number of hydrogen-bond donors (Lipinski definition) is 0. The number of hydrogen-bond acceptors (Lipinski definition) is 5. The van der Waals surface area contributed by atoms with Gasteiger partial charge in [0, 0.05) is 22.3 Å². The predicted molar refractivity (Wildman–Crippen MR) is 144 cm³/mol. The van der Waals surface area contributed by atoms with Crippen molar-refractivity contribution in [3.63, 3.8) is 0 Å². The highest BCUT2D eigenvalue weighted by Crippen LogP contribution is 2.30. The molecule has 1 amide bonds. The molecule has 6 nitrogen and oxygen atoms in total. The van der Waals surface area contributed by atoms with E-state index >= 15 is 0 Å². The first-order chi connectivity index (χ1) is 17.0. The quantitative estimate of drug-likeness (QED) is 0.241. The molecule has 0 unspecified atom stereocenters. The summed E-state index contributed by atoms with van der Waals surface area (Å²) in [7, 11) is 0. The van der Waals surface area contributed by atoms with Crippen LogP contribution < -0.4 is 4.90 Å². The Kier molecular flexibility index (Phi) is 8.01. The smallest absolute Gasteiger partial charge is 0.237 e. The molecule has 1 heterocycles. The molecule has 4 aromatic rings. The van der Waals surface area contributed by atoms with Crippen LogP contribution in [0.5, 0.6) is 0 Å². The van der Waals surface area contributed by atoms with Crippen LogP contribution in [0.3, 0.4) is 0 Å². The standard InChI is InChI=1S/C27H24BrN5OS/c1-19-15-20(2)17-24(16-19)33-26(21-9-11-22(28)12-10-21)30-31-27(33)35-18-25(34)32(14-6-13-29)23-7-4-3-5-8-23/h3-5,7-12,15-17H,6,14,18H2,1-2H3. The van der Waals surface area contributed by atoms with E-state index < -0.39 is 0 Å². The fraction of sp³-hybridized carbons (Fsp3) is 0.185. The second-order valence-corrected chi connectivity index (χ2v) is 9.93. The number of halogens is 1. The Morgan fingerprint density at radius 3 is 2.37 bits per heavy atom. The minimum Gasteiger partial charge on any atom is -0.311 e. The van der Waals surface area contributed by atoms with Gasteiger partial charge in [-0.05, 0) is 61.4 Å². The number of nitrogens with zero attached hydrogens (tertiary/aromatic N) is 5. The molecule has 35 heavy (non-hydrogen) atoms. The number of carbonyl (C=O) groups excluding carboxylic acids is 1. The summed E-state index contributed by atoms with van der Waals surface area (Å²) in [5, 5.41) is 18.7. The van der Waals surface area contributed by atoms with Crippen molar-refractivity contribution in [2.24, 2.45) is 0 Å². The van der Waals surface area contributed by atoms with E-state index in [9.17, 15) is 4.79 Å². The summed E-state index contributed by atoms with van der Waals surface area (Å²) in [4.78, 5) is 14.9. The third-order valence-electron chi connectivity index (χ3n) is 5.34. The lowest BCUT2D eigenvalue weighted by molar-refractivity contribution is -0.116.